The normalized spacial score (nSPS) is 13.8. The number of halogens is 10. The molecule has 12 heteroatoms. The summed E-state index contributed by atoms with van der Waals surface area (Å²) in [5, 5.41) is 0. The number of carbonyl (C=O) groups excluding carboxylic acids is 1. The largest absolute Gasteiger partial charge is 0.496 e. The molecule has 0 saturated carbocycles. The van der Waals surface area contributed by atoms with Gasteiger partial charge in [-0.3, -0.25) is 4.79 Å². The summed E-state index contributed by atoms with van der Waals surface area (Å²) in [4.78, 5) is 11.5. The molecule has 0 amide bonds. The van der Waals surface area contributed by atoms with Crippen LogP contribution in [0.2, 0.25) is 0 Å². The summed E-state index contributed by atoms with van der Waals surface area (Å²) in [6.45, 7) is 0. The number of hydrogen-bond acceptors (Lipinski definition) is 2. The van der Waals surface area contributed by atoms with Gasteiger partial charge in [0.1, 0.15) is 5.75 Å². The molecule has 0 bridgehead atoms. The predicted molar refractivity (Wildman–Crippen MR) is 65.9 cm³/mol. The lowest BCUT2D eigenvalue weighted by Gasteiger charge is -2.32. The van der Waals surface area contributed by atoms with Gasteiger partial charge < -0.3 is 4.74 Å². The van der Waals surface area contributed by atoms with Crippen molar-refractivity contribution in [2.24, 2.45) is 0 Å². The molecule has 2 nitrogen and oxygen atoms in total. The number of benzene rings is 1. The molecular weight excluding hydrogens is 427 g/mol. The summed E-state index contributed by atoms with van der Waals surface area (Å²) in [5.41, 5.74) is -1.24. The monoisotopic (exact) mass is 432 g/mol. The lowest BCUT2D eigenvalue weighted by atomic mass is 9.95. The van der Waals surface area contributed by atoms with E-state index in [-0.39, 0.29) is 10.2 Å². The third kappa shape index (κ3) is 3.07. The molecule has 1 aromatic rings. The second-order valence-corrected chi connectivity index (χ2v) is 5.25. The van der Waals surface area contributed by atoms with Crippen LogP contribution in [-0.2, 0) is 0 Å². The Morgan fingerprint density at radius 3 is 1.88 bits per heavy atom. The lowest BCUT2D eigenvalue weighted by molar-refractivity contribution is -0.386. The Labute approximate surface area is 136 Å². The minimum Gasteiger partial charge on any atom is -0.496 e. The van der Waals surface area contributed by atoms with Crippen LogP contribution in [0.4, 0.5) is 39.5 Å². The maximum atomic E-state index is 13.5. The van der Waals surface area contributed by atoms with Gasteiger partial charge in [-0.15, -0.1) is 0 Å². The van der Waals surface area contributed by atoms with Crippen LogP contribution in [0.1, 0.15) is 10.4 Å². The highest BCUT2D eigenvalue weighted by Gasteiger charge is 2.83. The molecule has 0 atom stereocenters. The summed E-state index contributed by atoms with van der Waals surface area (Å²) in [6, 6.07) is 1.91. The Hall–Kier alpha value is -1.46. The van der Waals surface area contributed by atoms with Crippen LogP contribution in [0.25, 0.3) is 0 Å². The van der Waals surface area contributed by atoms with E-state index in [1.165, 1.54) is 0 Å². The average Bonchev–Trinajstić information content (AvgIpc) is 2.45. The predicted octanol–water partition coefficient (Wildman–Crippen LogP) is 5.11. The van der Waals surface area contributed by atoms with Gasteiger partial charge in [-0.1, -0.05) is 0 Å². The molecule has 0 unspecified atom stereocenters. The van der Waals surface area contributed by atoms with E-state index in [9.17, 15) is 44.3 Å². The van der Waals surface area contributed by atoms with Crippen LogP contribution in [-0.4, -0.2) is 36.8 Å². The third-order valence-electron chi connectivity index (χ3n) is 2.84. The van der Waals surface area contributed by atoms with E-state index >= 15 is 0 Å². The van der Waals surface area contributed by atoms with Crippen LogP contribution in [0.3, 0.4) is 0 Å². The van der Waals surface area contributed by atoms with E-state index in [0.29, 0.717) is 12.1 Å². The number of ketones is 1. The highest BCUT2D eigenvalue weighted by atomic mass is 79.9. The van der Waals surface area contributed by atoms with Crippen LogP contribution in [0.5, 0.6) is 5.75 Å². The highest BCUT2D eigenvalue weighted by Crippen LogP contribution is 2.53. The zero-order chi connectivity index (χ0) is 19.1. The molecule has 0 aliphatic rings. The summed E-state index contributed by atoms with van der Waals surface area (Å²) in [6.07, 6.45) is -6.99. The van der Waals surface area contributed by atoms with Crippen LogP contribution in [0, 0.1) is 0 Å². The van der Waals surface area contributed by atoms with Gasteiger partial charge >= 0.3 is 23.9 Å². The van der Waals surface area contributed by atoms with E-state index in [4.69, 9.17) is 0 Å². The van der Waals surface area contributed by atoms with Crippen LogP contribution >= 0.6 is 15.9 Å². The zero-order valence-electron chi connectivity index (χ0n) is 11.3. The number of hydrogen-bond donors (Lipinski definition) is 0. The Morgan fingerprint density at radius 2 is 1.46 bits per heavy atom. The first-order chi connectivity index (χ1) is 10.6. The molecule has 0 aliphatic carbocycles. The van der Waals surface area contributed by atoms with Crippen LogP contribution in [0.15, 0.2) is 22.7 Å². The molecule has 1 aromatic carbocycles. The first kappa shape index (κ1) is 20.6. The van der Waals surface area contributed by atoms with Crippen molar-refractivity contribution in [2.75, 3.05) is 7.11 Å². The molecule has 0 spiro atoms. The molecule has 0 aliphatic heterocycles. The molecule has 0 heterocycles. The van der Waals surface area contributed by atoms with E-state index in [1.807, 2.05) is 0 Å². The van der Waals surface area contributed by atoms with E-state index in [0.717, 1.165) is 13.2 Å². The Morgan fingerprint density at radius 1 is 0.958 bits per heavy atom. The van der Waals surface area contributed by atoms with Crippen molar-refractivity contribution in [3.05, 3.63) is 28.2 Å². The van der Waals surface area contributed by atoms with Gasteiger partial charge in [0, 0.05) is 5.56 Å². The summed E-state index contributed by atoms with van der Waals surface area (Å²) in [7, 11) is 1.01. The standard InChI is InChI=1S/C12H6BrF9O2/c1-24-7-4-5(2-3-6(7)13)8(23)9(14,15)10(16,17)11(18,19)12(20,21)22/h2-4H,1H3. The minimum atomic E-state index is -7.13. The number of alkyl halides is 9. The number of carbonyl (C=O) groups is 1. The van der Waals surface area contributed by atoms with Gasteiger partial charge in [-0.2, -0.15) is 39.5 Å². The van der Waals surface area contributed by atoms with Crippen molar-refractivity contribution in [3.63, 3.8) is 0 Å². The van der Waals surface area contributed by atoms with Gasteiger partial charge in [-0.25, -0.2) is 0 Å². The van der Waals surface area contributed by atoms with Gasteiger partial charge in [0.25, 0.3) is 0 Å². The first-order valence-electron chi connectivity index (χ1n) is 5.69. The van der Waals surface area contributed by atoms with Gasteiger partial charge in [0.05, 0.1) is 11.6 Å². The maximum Gasteiger partial charge on any atom is 0.460 e. The Balaban J connectivity index is 3.40. The second kappa shape index (κ2) is 6.12. The van der Waals surface area contributed by atoms with Gasteiger partial charge in [0.15, 0.2) is 0 Å². The topological polar surface area (TPSA) is 26.3 Å². The second-order valence-electron chi connectivity index (χ2n) is 4.40. The minimum absolute atomic E-state index is 0.0947. The Bertz CT molecular complexity index is 640. The third-order valence-corrected chi connectivity index (χ3v) is 3.50. The smallest absolute Gasteiger partial charge is 0.460 e. The van der Waals surface area contributed by atoms with Crippen molar-refractivity contribution in [1.29, 1.82) is 0 Å². The summed E-state index contributed by atoms with van der Waals surface area (Å²) >= 11 is 2.85. The van der Waals surface area contributed by atoms with E-state index in [1.54, 1.807) is 0 Å². The fourth-order valence-electron chi connectivity index (χ4n) is 1.50. The van der Waals surface area contributed by atoms with Gasteiger partial charge in [-0.05, 0) is 34.1 Å². The molecule has 24 heavy (non-hydrogen) atoms. The number of rotatable bonds is 5. The van der Waals surface area contributed by atoms with Crippen molar-refractivity contribution < 1.29 is 49.0 Å². The van der Waals surface area contributed by atoms with Gasteiger partial charge in [0.2, 0.25) is 5.78 Å². The molecule has 0 aromatic heterocycles. The first-order valence-corrected chi connectivity index (χ1v) is 6.49. The SMILES string of the molecule is COc1cc(C(=O)C(F)(F)C(F)(F)C(F)(F)C(F)(F)F)ccc1Br. The van der Waals surface area contributed by atoms with E-state index < -0.39 is 35.3 Å². The number of methoxy groups -OCH3 is 1. The molecule has 0 fully saturated rings. The van der Waals surface area contributed by atoms with Crippen molar-refractivity contribution >= 4 is 21.7 Å². The molecule has 0 saturated heterocycles. The molecule has 1 rings (SSSR count). The fourth-order valence-corrected chi connectivity index (χ4v) is 1.91. The highest BCUT2D eigenvalue weighted by molar-refractivity contribution is 9.10. The molecule has 0 N–H and O–H groups in total. The number of Topliss-reactive ketones (excluding diaryl/α,β-unsaturated/α-hetero) is 1. The molecule has 136 valence electrons. The molecular formula is C12H6BrF9O2. The fraction of sp³-hybridized carbons (Fsp3) is 0.417. The van der Waals surface area contributed by atoms with Crippen molar-refractivity contribution in [1.82, 2.24) is 0 Å². The van der Waals surface area contributed by atoms with Crippen molar-refractivity contribution in [2.45, 2.75) is 23.9 Å². The van der Waals surface area contributed by atoms with E-state index in [2.05, 4.69) is 20.7 Å². The lowest BCUT2D eigenvalue weighted by Crippen LogP contribution is -2.63. The van der Waals surface area contributed by atoms with Crippen molar-refractivity contribution in [3.8, 4) is 5.75 Å². The summed E-state index contributed by atoms with van der Waals surface area (Å²) in [5.74, 6) is -23.7. The summed E-state index contributed by atoms with van der Waals surface area (Å²) < 4.78 is 120. The number of ether oxygens (including phenoxy) is 1. The Kier molecular flexibility index (Phi) is 5.25. The average molecular weight is 433 g/mol. The maximum absolute atomic E-state index is 13.5. The quantitative estimate of drug-likeness (QED) is 0.477. The zero-order valence-corrected chi connectivity index (χ0v) is 12.9. The molecule has 0 radical (unpaired) electrons. The van der Waals surface area contributed by atoms with Crippen LogP contribution < -0.4 is 4.74 Å².